The van der Waals surface area contributed by atoms with Crippen LogP contribution in [0.2, 0.25) is 0 Å². The first-order valence-corrected chi connectivity index (χ1v) is 15.8. The number of hydrogen-bond donors (Lipinski definition) is 1. The zero-order chi connectivity index (χ0) is 32.3. The third-order valence-electron chi connectivity index (χ3n) is 8.32. The Morgan fingerprint density at radius 2 is 0.875 bits per heavy atom. The number of fused-ring (bicyclic) bond motifs is 1. The molecule has 1 N–H and O–H groups in total. The Balaban J connectivity index is 1.20. The molecular formula is C42H30FN5. The molecule has 0 atom stereocenters. The van der Waals surface area contributed by atoms with Crippen molar-refractivity contribution in [1.82, 2.24) is 15.0 Å². The second-order valence-corrected chi connectivity index (χ2v) is 11.4. The number of nitrogens with one attached hydrogen (secondary N) is 1. The fourth-order valence-electron chi connectivity index (χ4n) is 5.96. The molecule has 0 saturated heterocycles. The number of benzene rings is 7. The SMILES string of the molecule is Fc1ccc(-n2nc3c(-c4ccc(Nc5ccccc5)cc4)ccc(-c4ccc(N(c5ccccc5)c5ccccc5)cc4)c3n2)cc1. The molecule has 48 heavy (non-hydrogen) atoms. The van der Waals surface area contributed by atoms with Gasteiger partial charge in [0.15, 0.2) is 0 Å². The first-order chi connectivity index (χ1) is 23.7. The van der Waals surface area contributed by atoms with E-state index in [9.17, 15) is 4.39 Å². The van der Waals surface area contributed by atoms with Crippen LogP contribution in [0.1, 0.15) is 0 Å². The summed E-state index contributed by atoms with van der Waals surface area (Å²) in [4.78, 5) is 3.83. The third-order valence-corrected chi connectivity index (χ3v) is 8.32. The summed E-state index contributed by atoms with van der Waals surface area (Å²) in [5, 5.41) is 13.4. The van der Waals surface area contributed by atoms with Crippen LogP contribution < -0.4 is 10.2 Å². The van der Waals surface area contributed by atoms with Gasteiger partial charge in [-0.2, -0.15) is 4.80 Å². The van der Waals surface area contributed by atoms with Gasteiger partial charge in [-0.1, -0.05) is 91.0 Å². The van der Waals surface area contributed by atoms with Crippen LogP contribution in [0.5, 0.6) is 0 Å². The van der Waals surface area contributed by atoms with Crippen molar-refractivity contribution in [2.45, 2.75) is 0 Å². The van der Waals surface area contributed by atoms with E-state index in [2.05, 4.69) is 119 Å². The van der Waals surface area contributed by atoms with Crippen molar-refractivity contribution < 1.29 is 4.39 Å². The summed E-state index contributed by atoms with van der Waals surface area (Å²) in [6, 6.07) is 58.1. The van der Waals surface area contributed by atoms with Crippen LogP contribution in [0.15, 0.2) is 176 Å². The summed E-state index contributed by atoms with van der Waals surface area (Å²) in [7, 11) is 0. The average molecular weight is 624 g/mol. The fourth-order valence-corrected chi connectivity index (χ4v) is 5.96. The maximum atomic E-state index is 13.8. The van der Waals surface area contributed by atoms with E-state index in [-0.39, 0.29) is 5.82 Å². The van der Waals surface area contributed by atoms with Gasteiger partial charge < -0.3 is 10.2 Å². The van der Waals surface area contributed by atoms with Gasteiger partial charge in [-0.3, -0.25) is 0 Å². The van der Waals surface area contributed by atoms with Gasteiger partial charge in [0, 0.05) is 39.6 Å². The predicted octanol–water partition coefficient (Wildman–Crippen LogP) is 11.1. The van der Waals surface area contributed by atoms with E-state index in [1.807, 2.05) is 42.5 Å². The van der Waals surface area contributed by atoms with Crippen molar-refractivity contribution >= 4 is 39.5 Å². The van der Waals surface area contributed by atoms with Crippen molar-refractivity contribution in [2.75, 3.05) is 10.2 Å². The standard InChI is InChI=1S/C42H30FN5/c43-32-20-26-38(27-21-32)48-45-41-39(30-16-22-34(23-17-30)44-33-10-4-1-5-11-33)28-29-40(42(41)46-48)31-18-24-37(25-19-31)47(35-12-6-2-7-13-35)36-14-8-3-9-15-36/h1-29,44H. The molecule has 8 rings (SSSR count). The number of anilines is 5. The van der Waals surface area contributed by atoms with Crippen molar-refractivity contribution in [3.63, 3.8) is 0 Å². The Kier molecular flexibility index (Phi) is 7.65. The minimum absolute atomic E-state index is 0.304. The molecule has 0 spiro atoms. The van der Waals surface area contributed by atoms with Crippen LogP contribution in [0.4, 0.5) is 32.8 Å². The van der Waals surface area contributed by atoms with Crippen LogP contribution in [0, 0.1) is 5.82 Å². The van der Waals surface area contributed by atoms with Crippen LogP contribution in [-0.2, 0) is 0 Å². The molecule has 0 aliphatic carbocycles. The maximum Gasteiger partial charge on any atom is 0.123 e. The summed E-state index contributed by atoms with van der Waals surface area (Å²) < 4.78 is 13.8. The number of halogens is 1. The molecule has 0 unspecified atom stereocenters. The largest absolute Gasteiger partial charge is 0.356 e. The Bertz CT molecular complexity index is 2250. The van der Waals surface area contributed by atoms with Gasteiger partial charge in [0.1, 0.15) is 16.9 Å². The van der Waals surface area contributed by atoms with Gasteiger partial charge in [-0.05, 0) is 96.1 Å². The molecule has 0 amide bonds. The maximum absolute atomic E-state index is 13.8. The van der Waals surface area contributed by atoms with Crippen molar-refractivity contribution in [3.8, 4) is 27.9 Å². The molecule has 7 aromatic carbocycles. The van der Waals surface area contributed by atoms with Crippen LogP contribution >= 0.6 is 0 Å². The summed E-state index contributed by atoms with van der Waals surface area (Å²) >= 11 is 0. The second kappa shape index (κ2) is 12.7. The molecule has 1 aromatic heterocycles. The van der Waals surface area contributed by atoms with E-state index in [0.29, 0.717) is 5.69 Å². The predicted molar refractivity (Wildman–Crippen MR) is 194 cm³/mol. The summed E-state index contributed by atoms with van der Waals surface area (Å²) in [6.45, 7) is 0. The number of para-hydroxylation sites is 3. The van der Waals surface area contributed by atoms with Crippen LogP contribution in [0.25, 0.3) is 39.0 Å². The Labute approximate surface area is 278 Å². The highest BCUT2D eigenvalue weighted by Crippen LogP contribution is 2.38. The van der Waals surface area contributed by atoms with Gasteiger partial charge in [-0.15, -0.1) is 10.2 Å². The number of aromatic nitrogens is 3. The lowest BCUT2D eigenvalue weighted by molar-refractivity contribution is 0.626. The highest BCUT2D eigenvalue weighted by atomic mass is 19.1. The topological polar surface area (TPSA) is 46.0 Å². The molecule has 0 radical (unpaired) electrons. The van der Waals surface area contributed by atoms with E-state index >= 15 is 0 Å². The van der Waals surface area contributed by atoms with Crippen molar-refractivity contribution in [2.24, 2.45) is 0 Å². The summed E-state index contributed by atoms with van der Waals surface area (Å²) in [5.74, 6) is -0.304. The normalized spacial score (nSPS) is 11.0. The highest BCUT2D eigenvalue weighted by Gasteiger charge is 2.18. The monoisotopic (exact) mass is 623 g/mol. The van der Waals surface area contributed by atoms with Crippen LogP contribution in [0.3, 0.4) is 0 Å². The molecule has 0 fully saturated rings. The Morgan fingerprint density at radius 3 is 1.40 bits per heavy atom. The van der Waals surface area contributed by atoms with Gasteiger partial charge in [0.2, 0.25) is 0 Å². The smallest absolute Gasteiger partial charge is 0.123 e. The molecule has 1 heterocycles. The molecule has 230 valence electrons. The summed E-state index contributed by atoms with van der Waals surface area (Å²) in [5.41, 5.74) is 11.4. The molecule has 0 aliphatic rings. The lowest BCUT2D eigenvalue weighted by Crippen LogP contribution is -2.09. The van der Waals surface area contributed by atoms with Crippen molar-refractivity contribution in [3.05, 3.63) is 182 Å². The molecule has 0 aliphatic heterocycles. The van der Waals surface area contributed by atoms with E-state index in [0.717, 1.165) is 61.7 Å². The highest BCUT2D eigenvalue weighted by molar-refractivity contribution is 6.00. The third kappa shape index (κ3) is 5.79. The van der Waals surface area contributed by atoms with E-state index in [1.165, 1.54) is 12.1 Å². The van der Waals surface area contributed by atoms with Gasteiger partial charge in [-0.25, -0.2) is 4.39 Å². The molecule has 8 aromatic rings. The molecular weight excluding hydrogens is 593 g/mol. The Morgan fingerprint density at radius 1 is 0.438 bits per heavy atom. The van der Waals surface area contributed by atoms with Gasteiger partial charge >= 0.3 is 0 Å². The molecule has 0 saturated carbocycles. The molecule has 6 heteroatoms. The van der Waals surface area contributed by atoms with E-state index in [1.54, 1.807) is 16.9 Å². The zero-order valence-corrected chi connectivity index (χ0v) is 25.9. The number of rotatable bonds is 8. The first-order valence-electron chi connectivity index (χ1n) is 15.8. The van der Waals surface area contributed by atoms with Gasteiger partial charge in [0.05, 0.1) is 5.69 Å². The van der Waals surface area contributed by atoms with Crippen molar-refractivity contribution in [1.29, 1.82) is 0 Å². The number of hydrogen-bond acceptors (Lipinski definition) is 4. The molecule has 0 bridgehead atoms. The minimum Gasteiger partial charge on any atom is -0.356 e. The van der Waals surface area contributed by atoms with Gasteiger partial charge in [0.25, 0.3) is 0 Å². The van der Waals surface area contributed by atoms with E-state index < -0.39 is 0 Å². The lowest BCUT2D eigenvalue weighted by Gasteiger charge is -2.25. The average Bonchev–Trinajstić information content (AvgIpc) is 3.60. The first kappa shape index (κ1) is 28.9. The zero-order valence-electron chi connectivity index (χ0n) is 25.9. The summed E-state index contributed by atoms with van der Waals surface area (Å²) in [6.07, 6.45) is 0. The fraction of sp³-hybridized carbons (Fsp3) is 0. The minimum atomic E-state index is -0.304. The Hall–Kier alpha value is -6.53. The quantitative estimate of drug-likeness (QED) is 0.183. The second-order valence-electron chi connectivity index (χ2n) is 11.4. The molecule has 5 nitrogen and oxygen atoms in total. The number of nitrogens with zero attached hydrogens (tertiary/aromatic N) is 4. The van der Waals surface area contributed by atoms with Crippen LogP contribution in [-0.4, -0.2) is 15.0 Å². The van der Waals surface area contributed by atoms with E-state index in [4.69, 9.17) is 10.2 Å². The lowest BCUT2D eigenvalue weighted by atomic mass is 9.97.